The fourth-order valence-corrected chi connectivity index (χ4v) is 4.17. The van der Waals surface area contributed by atoms with Crippen LogP contribution in [0.5, 0.6) is 0 Å². The molecule has 0 spiro atoms. The Morgan fingerprint density at radius 3 is 2.00 bits per heavy atom. The van der Waals surface area contributed by atoms with Crippen LogP contribution in [0.3, 0.4) is 0 Å². The fraction of sp³-hybridized carbons (Fsp3) is 0.143. The van der Waals surface area contributed by atoms with Crippen molar-refractivity contribution in [2.75, 3.05) is 11.9 Å². The van der Waals surface area contributed by atoms with Crippen LogP contribution in [-0.4, -0.2) is 22.3 Å². The van der Waals surface area contributed by atoms with Crippen molar-refractivity contribution >= 4 is 71.0 Å². The molecule has 4 aromatic rings. The van der Waals surface area contributed by atoms with Gasteiger partial charge in [-0.25, -0.2) is 0 Å². The van der Waals surface area contributed by atoms with E-state index in [4.69, 9.17) is 11.6 Å². The smallest absolute Gasteiger partial charge is 0.0891 e. The first-order chi connectivity index (χ1) is 13.0. The molecule has 3 nitrogen and oxygen atoms in total. The van der Waals surface area contributed by atoms with Crippen LogP contribution in [-0.2, 0) is 6.54 Å². The van der Waals surface area contributed by atoms with E-state index >= 15 is 0 Å². The molecule has 0 amide bonds. The Bertz CT molecular complexity index is 1050. The number of anilines is 1. The average molecular weight is 509 g/mol. The van der Waals surface area contributed by atoms with Gasteiger partial charge in [-0.3, -0.25) is 0 Å². The lowest BCUT2D eigenvalue weighted by Gasteiger charge is -2.15. The van der Waals surface area contributed by atoms with E-state index in [1.54, 1.807) is 0 Å². The molecule has 2 N–H and O–H groups in total. The lowest BCUT2D eigenvalue weighted by molar-refractivity contribution is 0.169. The van der Waals surface area contributed by atoms with Gasteiger partial charge in [-0.2, -0.15) is 0 Å². The average Bonchev–Trinajstić information content (AvgIpc) is 2.94. The van der Waals surface area contributed by atoms with E-state index in [9.17, 15) is 5.11 Å². The standard InChI is InChI=1S/C21H17Br2ClN2O/c22-13-1-7-20-18(9-13)19-10-14(23)2-8-21(19)26(20)12-17(27)11-25-16-5-3-15(24)4-6-16/h1-10,17,25,27H,11-12H2/t17-/m0/s1. The van der Waals surface area contributed by atoms with E-state index < -0.39 is 6.10 Å². The summed E-state index contributed by atoms with van der Waals surface area (Å²) in [7, 11) is 0. The number of aromatic nitrogens is 1. The minimum atomic E-state index is -0.535. The van der Waals surface area contributed by atoms with Crippen LogP contribution in [0.2, 0.25) is 5.02 Å². The Balaban J connectivity index is 1.63. The molecule has 3 aromatic carbocycles. The summed E-state index contributed by atoms with van der Waals surface area (Å²) in [5.41, 5.74) is 3.15. The molecule has 6 heteroatoms. The van der Waals surface area contributed by atoms with Gasteiger partial charge in [0, 0.05) is 48.0 Å². The van der Waals surface area contributed by atoms with Crippen LogP contribution < -0.4 is 5.32 Å². The predicted molar refractivity (Wildman–Crippen MR) is 121 cm³/mol. The summed E-state index contributed by atoms with van der Waals surface area (Å²) in [4.78, 5) is 0. The van der Waals surface area contributed by atoms with Gasteiger partial charge in [0.15, 0.2) is 0 Å². The van der Waals surface area contributed by atoms with E-state index in [2.05, 4.69) is 66.0 Å². The van der Waals surface area contributed by atoms with E-state index in [0.29, 0.717) is 18.1 Å². The second-order valence-corrected chi connectivity index (χ2v) is 8.74. The number of hydrogen-bond acceptors (Lipinski definition) is 2. The quantitative estimate of drug-likeness (QED) is 0.325. The Hall–Kier alpha value is -1.53. The lowest BCUT2D eigenvalue weighted by Crippen LogP contribution is -2.24. The third-order valence-corrected chi connectivity index (χ3v) is 5.81. The third-order valence-electron chi connectivity index (χ3n) is 4.57. The van der Waals surface area contributed by atoms with Crippen molar-refractivity contribution in [3.63, 3.8) is 0 Å². The number of nitrogens with one attached hydrogen (secondary N) is 1. The number of aliphatic hydroxyl groups excluding tert-OH is 1. The molecular weight excluding hydrogens is 492 g/mol. The second-order valence-electron chi connectivity index (χ2n) is 6.48. The number of benzene rings is 3. The van der Waals surface area contributed by atoms with Crippen molar-refractivity contribution in [1.82, 2.24) is 4.57 Å². The largest absolute Gasteiger partial charge is 0.389 e. The highest BCUT2D eigenvalue weighted by atomic mass is 79.9. The third kappa shape index (κ3) is 4.02. The predicted octanol–water partition coefficient (Wildman–Crippen LogP) is 6.45. The van der Waals surface area contributed by atoms with Gasteiger partial charge >= 0.3 is 0 Å². The number of halogens is 3. The maximum absolute atomic E-state index is 10.6. The van der Waals surface area contributed by atoms with Gasteiger partial charge < -0.3 is 15.0 Å². The molecule has 0 aliphatic heterocycles. The Kier molecular flexibility index (Phi) is 5.46. The number of rotatable bonds is 5. The summed E-state index contributed by atoms with van der Waals surface area (Å²) in [5.74, 6) is 0. The minimum Gasteiger partial charge on any atom is -0.389 e. The second kappa shape index (κ2) is 7.84. The summed E-state index contributed by atoms with van der Waals surface area (Å²) in [5, 5.41) is 16.9. The van der Waals surface area contributed by atoms with Crippen molar-refractivity contribution in [2.45, 2.75) is 12.6 Å². The number of aliphatic hydroxyl groups is 1. The fourth-order valence-electron chi connectivity index (χ4n) is 3.32. The van der Waals surface area contributed by atoms with Crippen LogP contribution >= 0.6 is 43.5 Å². The van der Waals surface area contributed by atoms with Crippen LogP contribution in [0.15, 0.2) is 69.6 Å². The normalized spacial score (nSPS) is 12.6. The van der Waals surface area contributed by atoms with E-state index in [1.165, 1.54) is 10.8 Å². The zero-order valence-electron chi connectivity index (χ0n) is 14.3. The van der Waals surface area contributed by atoms with Crippen molar-refractivity contribution in [1.29, 1.82) is 0 Å². The van der Waals surface area contributed by atoms with Gasteiger partial charge in [0.25, 0.3) is 0 Å². The molecule has 0 saturated carbocycles. The van der Waals surface area contributed by atoms with E-state index in [0.717, 1.165) is 25.7 Å². The molecule has 1 atom stereocenters. The molecule has 0 radical (unpaired) electrons. The summed E-state index contributed by atoms with van der Waals surface area (Å²) in [6.07, 6.45) is -0.535. The van der Waals surface area contributed by atoms with Crippen LogP contribution in [0.1, 0.15) is 0 Å². The number of nitrogens with zero attached hydrogens (tertiary/aromatic N) is 1. The maximum atomic E-state index is 10.6. The maximum Gasteiger partial charge on any atom is 0.0891 e. The summed E-state index contributed by atoms with van der Waals surface area (Å²) in [6.45, 7) is 0.958. The highest BCUT2D eigenvalue weighted by molar-refractivity contribution is 9.10. The van der Waals surface area contributed by atoms with Crippen LogP contribution in [0.25, 0.3) is 21.8 Å². The lowest BCUT2D eigenvalue weighted by atomic mass is 10.2. The zero-order chi connectivity index (χ0) is 19.0. The SMILES string of the molecule is O[C@@H](CNc1ccc(Cl)cc1)Cn1c2ccc(Br)cc2c2cc(Br)ccc21. The molecule has 0 fully saturated rings. The van der Waals surface area contributed by atoms with Crippen LogP contribution in [0, 0.1) is 0 Å². The topological polar surface area (TPSA) is 37.2 Å². The molecule has 0 unspecified atom stereocenters. The first-order valence-electron chi connectivity index (χ1n) is 8.56. The Morgan fingerprint density at radius 2 is 1.44 bits per heavy atom. The van der Waals surface area contributed by atoms with Crippen molar-refractivity contribution in [2.24, 2.45) is 0 Å². The number of fused-ring (bicyclic) bond motifs is 3. The van der Waals surface area contributed by atoms with E-state index in [-0.39, 0.29) is 0 Å². The molecular formula is C21H17Br2ClN2O. The minimum absolute atomic E-state index is 0.454. The van der Waals surface area contributed by atoms with Crippen molar-refractivity contribution in [3.8, 4) is 0 Å². The first kappa shape index (κ1) is 18.8. The monoisotopic (exact) mass is 506 g/mol. The molecule has 0 saturated heterocycles. The summed E-state index contributed by atoms with van der Waals surface area (Å²) < 4.78 is 4.26. The Morgan fingerprint density at radius 1 is 0.889 bits per heavy atom. The molecule has 1 aromatic heterocycles. The molecule has 0 bridgehead atoms. The van der Waals surface area contributed by atoms with Gasteiger partial charge in [-0.1, -0.05) is 43.5 Å². The summed E-state index contributed by atoms with van der Waals surface area (Å²) >= 11 is 13.0. The molecule has 0 aliphatic rings. The molecule has 27 heavy (non-hydrogen) atoms. The molecule has 0 aliphatic carbocycles. The van der Waals surface area contributed by atoms with Crippen molar-refractivity contribution in [3.05, 3.63) is 74.6 Å². The molecule has 1 heterocycles. The highest BCUT2D eigenvalue weighted by Crippen LogP contribution is 2.33. The zero-order valence-corrected chi connectivity index (χ0v) is 18.2. The van der Waals surface area contributed by atoms with Gasteiger partial charge in [0.1, 0.15) is 0 Å². The highest BCUT2D eigenvalue weighted by Gasteiger charge is 2.14. The summed E-state index contributed by atoms with van der Waals surface area (Å²) in [6, 6.07) is 20.0. The van der Waals surface area contributed by atoms with E-state index in [1.807, 2.05) is 36.4 Å². The molecule has 138 valence electrons. The van der Waals surface area contributed by atoms with Crippen LogP contribution in [0.4, 0.5) is 5.69 Å². The van der Waals surface area contributed by atoms with Gasteiger partial charge in [0.05, 0.1) is 12.6 Å². The van der Waals surface area contributed by atoms with Gasteiger partial charge in [-0.15, -0.1) is 0 Å². The first-order valence-corrected chi connectivity index (χ1v) is 10.5. The molecule has 4 rings (SSSR count). The van der Waals surface area contributed by atoms with Gasteiger partial charge in [-0.05, 0) is 60.7 Å². The number of hydrogen-bond donors (Lipinski definition) is 2. The van der Waals surface area contributed by atoms with Crippen molar-refractivity contribution < 1.29 is 5.11 Å². The van der Waals surface area contributed by atoms with Gasteiger partial charge in [0.2, 0.25) is 0 Å². The Labute approximate surface area is 179 Å².